The zero-order valence-corrected chi connectivity index (χ0v) is 23.5. The Balaban J connectivity index is 0.000000186. The van der Waals surface area contributed by atoms with Crippen molar-refractivity contribution in [2.45, 2.75) is 60.0 Å². The number of aromatic nitrogens is 2. The van der Waals surface area contributed by atoms with Gasteiger partial charge in [-0.05, 0) is 77.8 Å². The molecule has 194 valence electrons. The van der Waals surface area contributed by atoms with Crippen LogP contribution in [-0.2, 0) is 20.7 Å². The minimum absolute atomic E-state index is 0.351. The molecule has 0 saturated carbocycles. The molecule has 3 aromatic carbocycles. The first-order valence-electron chi connectivity index (χ1n) is 13.1. The van der Waals surface area contributed by atoms with Gasteiger partial charge in [-0.3, -0.25) is 0 Å². The summed E-state index contributed by atoms with van der Waals surface area (Å²) in [6, 6.07) is 18.8. The molecule has 1 N–H and O–H groups in total. The number of rotatable bonds is 5. The van der Waals surface area contributed by atoms with Crippen molar-refractivity contribution in [1.29, 1.82) is 0 Å². The maximum Gasteiger partial charge on any atom is 0.124 e. The third-order valence-corrected chi connectivity index (χ3v) is 7.14. The number of hydrogen-bond acceptors (Lipinski definition) is 2. The van der Waals surface area contributed by atoms with Crippen molar-refractivity contribution in [2.75, 3.05) is 0 Å². The Kier molecular flexibility index (Phi) is 7.68. The number of phenolic OH excluding ortho intramolecular Hbond substituents is 1. The Bertz CT molecular complexity index is 1520. The third kappa shape index (κ3) is 5.53. The van der Waals surface area contributed by atoms with Crippen molar-refractivity contribution < 1.29 is 9.84 Å². The van der Waals surface area contributed by atoms with Gasteiger partial charge in [0.15, 0.2) is 0 Å². The molecule has 2 aromatic heterocycles. The Morgan fingerprint density at radius 2 is 1.24 bits per heavy atom. The van der Waals surface area contributed by atoms with Gasteiger partial charge in [0.05, 0.1) is 0 Å². The van der Waals surface area contributed by atoms with Gasteiger partial charge in [-0.25, -0.2) is 0 Å². The summed E-state index contributed by atoms with van der Waals surface area (Å²) in [5.41, 5.74) is 8.44. The van der Waals surface area contributed by atoms with Crippen LogP contribution in [0.2, 0.25) is 0 Å². The Hall–Kier alpha value is -3.66. The predicted molar refractivity (Wildman–Crippen MR) is 156 cm³/mol. The Labute approximate surface area is 221 Å². The predicted octanol–water partition coefficient (Wildman–Crippen LogP) is 8.50. The zero-order chi connectivity index (χ0) is 26.9. The molecule has 5 aromatic rings. The van der Waals surface area contributed by atoms with Crippen LogP contribution in [0.3, 0.4) is 0 Å². The molecule has 0 saturated heterocycles. The number of aryl methyl sites for hydroxylation is 4. The first kappa shape index (κ1) is 26.4. The number of ether oxygens (including phenoxy) is 1. The topological polar surface area (TPSA) is 39.3 Å². The van der Waals surface area contributed by atoms with E-state index < -0.39 is 0 Å². The van der Waals surface area contributed by atoms with Gasteiger partial charge in [-0.2, -0.15) is 0 Å². The lowest BCUT2D eigenvalue weighted by molar-refractivity contribution is 0.302. The molecule has 2 heterocycles. The van der Waals surface area contributed by atoms with Crippen LogP contribution in [0.1, 0.15) is 67.3 Å². The van der Waals surface area contributed by atoms with Crippen molar-refractivity contribution in [1.82, 2.24) is 9.13 Å². The molecule has 0 unspecified atom stereocenters. The smallest absolute Gasteiger partial charge is 0.124 e. The summed E-state index contributed by atoms with van der Waals surface area (Å²) in [4.78, 5) is 0. The zero-order valence-electron chi connectivity index (χ0n) is 23.5. The maximum atomic E-state index is 9.90. The van der Waals surface area contributed by atoms with Gasteiger partial charge >= 0.3 is 0 Å². The number of benzene rings is 3. The average molecular weight is 497 g/mol. The molecule has 4 nitrogen and oxygen atoms in total. The lowest BCUT2D eigenvalue weighted by Gasteiger charge is -2.15. The van der Waals surface area contributed by atoms with Crippen LogP contribution in [0.25, 0.3) is 21.8 Å². The Morgan fingerprint density at radius 1 is 0.730 bits per heavy atom. The number of fused-ring (bicyclic) bond motifs is 2. The van der Waals surface area contributed by atoms with Crippen LogP contribution >= 0.6 is 0 Å². The van der Waals surface area contributed by atoms with E-state index in [1.807, 2.05) is 31.3 Å². The van der Waals surface area contributed by atoms with Gasteiger partial charge in [-0.15, -0.1) is 0 Å². The fourth-order valence-corrected chi connectivity index (χ4v) is 5.03. The second kappa shape index (κ2) is 10.8. The summed E-state index contributed by atoms with van der Waals surface area (Å²) in [7, 11) is 4.14. The number of nitrogens with zero attached hydrogens (tertiary/aromatic N) is 2. The van der Waals surface area contributed by atoms with Crippen LogP contribution in [0.5, 0.6) is 11.5 Å². The van der Waals surface area contributed by atoms with Crippen LogP contribution in [-0.4, -0.2) is 14.2 Å². The fourth-order valence-electron chi connectivity index (χ4n) is 5.03. The first-order chi connectivity index (χ1) is 17.6. The molecule has 5 rings (SSSR count). The van der Waals surface area contributed by atoms with Gasteiger partial charge in [0, 0.05) is 48.3 Å². The van der Waals surface area contributed by atoms with E-state index in [0.717, 1.165) is 16.7 Å². The molecular formula is C33H40N2O2. The highest BCUT2D eigenvalue weighted by Crippen LogP contribution is 2.34. The van der Waals surface area contributed by atoms with E-state index in [0.29, 0.717) is 24.2 Å². The highest BCUT2D eigenvalue weighted by atomic mass is 16.5. The van der Waals surface area contributed by atoms with E-state index in [1.165, 1.54) is 38.7 Å². The minimum atomic E-state index is 0.351. The highest BCUT2D eigenvalue weighted by Gasteiger charge is 2.14. The van der Waals surface area contributed by atoms with E-state index in [-0.39, 0.29) is 0 Å². The van der Waals surface area contributed by atoms with Crippen molar-refractivity contribution in [2.24, 2.45) is 14.1 Å². The second-order valence-electron chi connectivity index (χ2n) is 10.8. The number of aromatic hydroxyl groups is 1. The summed E-state index contributed by atoms with van der Waals surface area (Å²) in [5, 5.41) is 12.3. The maximum absolute atomic E-state index is 9.90. The summed E-state index contributed by atoms with van der Waals surface area (Å²) in [6.45, 7) is 13.4. The quantitative estimate of drug-likeness (QED) is 0.265. The van der Waals surface area contributed by atoms with Gasteiger partial charge in [0.25, 0.3) is 0 Å². The molecule has 0 atom stereocenters. The summed E-state index contributed by atoms with van der Waals surface area (Å²) >= 11 is 0. The summed E-state index contributed by atoms with van der Waals surface area (Å²) in [6.07, 6.45) is 4.27. The number of phenols is 1. The van der Waals surface area contributed by atoms with Crippen LogP contribution in [0.15, 0.2) is 67.0 Å². The van der Waals surface area contributed by atoms with Gasteiger partial charge < -0.3 is 19.0 Å². The Morgan fingerprint density at radius 3 is 1.78 bits per heavy atom. The fraction of sp³-hybridized carbons (Fsp3) is 0.333. The minimum Gasteiger partial charge on any atom is -0.508 e. The SMILES string of the molecule is Cc1cn(C)c2cc(C(C)C)c(O)cc12.Cc1cn(C)c2cc(C(C)C)c(OCc3ccccc3)cc12. The molecule has 0 fully saturated rings. The lowest BCUT2D eigenvalue weighted by atomic mass is 10.00. The molecule has 0 spiro atoms. The molecule has 0 aliphatic rings. The lowest BCUT2D eigenvalue weighted by Crippen LogP contribution is -2.00. The van der Waals surface area contributed by atoms with E-state index in [1.54, 1.807) is 0 Å². The van der Waals surface area contributed by atoms with E-state index in [2.05, 4.69) is 100 Å². The molecule has 0 aliphatic heterocycles. The molecule has 0 bridgehead atoms. The number of hydrogen-bond donors (Lipinski definition) is 1. The van der Waals surface area contributed by atoms with Crippen molar-refractivity contribution in [3.63, 3.8) is 0 Å². The van der Waals surface area contributed by atoms with Crippen molar-refractivity contribution in [3.8, 4) is 11.5 Å². The average Bonchev–Trinajstić information content (AvgIpc) is 3.30. The van der Waals surface area contributed by atoms with E-state index in [4.69, 9.17) is 4.74 Å². The standard InChI is InChI=1S/C20H23NO.C13H17NO/c1-14(2)17-10-19-18(15(3)12-21(19)4)11-20(17)22-13-16-8-6-5-7-9-16;1-8(2)10-5-12-11(6-13(10)15)9(3)7-14(12)4/h5-12,14H,13H2,1-4H3;5-8,15H,1-4H3. The first-order valence-corrected chi connectivity index (χ1v) is 13.1. The molecule has 0 aliphatic carbocycles. The summed E-state index contributed by atoms with van der Waals surface area (Å²) in [5.74, 6) is 2.20. The summed E-state index contributed by atoms with van der Waals surface area (Å²) < 4.78 is 10.4. The van der Waals surface area contributed by atoms with Crippen LogP contribution in [0, 0.1) is 13.8 Å². The molecule has 0 amide bonds. The largest absolute Gasteiger partial charge is 0.508 e. The van der Waals surface area contributed by atoms with Crippen LogP contribution in [0.4, 0.5) is 0 Å². The van der Waals surface area contributed by atoms with Crippen molar-refractivity contribution in [3.05, 3.63) is 94.8 Å². The second-order valence-corrected chi connectivity index (χ2v) is 10.8. The normalized spacial score (nSPS) is 11.4. The monoisotopic (exact) mass is 496 g/mol. The molecule has 0 radical (unpaired) electrons. The van der Waals surface area contributed by atoms with Crippen LogP contribution < -0.4 is 4.74 Å². The van der Waals surface area contributed by atoms with E-state index in [9.17, 15) is 5.11 Å². The third-order valence-electron chi connectivity index (χ3n) is 7.14. The van der Waals surface area contributed by atoms with Gasteiger partial charge in [-0.1, -0.05) is 58.0 Å². The molecular weight excluding hydrogens is 456 g/mol. The van der Waals surface area contributed by atoms with E-state index >= 15 is 0 Å². The molecule has 4 heteroatoms. The highest BCUT2D eigenvalue weighted by molar-refractivity contribution is 5.87. The van der Waals surface area contributed by atoms with Crippen molar-refractivity contribution >= 4 is 21.8 Å². The van der Waals surface area contributed by atoms with Gasteiger partial charge in [0.1, 0.15) is 18.1 Å². The van der Waals surface area contributed by atoms with Gasteiger partial charge in [0.2, 0.25) is 0 Å². The molecule has 37 heavy (non-hydrogen) atoms.